The number of hydrogen-bond acceptors (Lipinski definition) is 4. The van der Waals surface area contributed by atoms with E-state index in [4.69, 9.17) is 4.42 Å². The van der Waals surface area contributed by atoms with Gasteiger partial charge < -0.3 is 4.42 Å². The summed E-state index contributed by atoms with van der Waals surface area (Å²) in [7, 11) is 0. The van der Waals surface area contributed by atoms with Gasteiger partial charge in [0, 0.05) is 10.7 Å². The fourth-order valence-electron chi connectivity index (χ4n) is 3.72. The van der Waals surface area contributed by atoms with Crippen molar-refractivity contribution in [3.8, 4) is 0 Å². The minimum Gasteiger partial charge on any atom is -0.450 e. The van der Waals surface area contributed by atoms with E-state index in [1.807, 2.05) is 37.3 Å². The Morgan fingerprint density at radius 2 is 1.76 bits per heavy atom. The largest absolute Gasteiger partial charge is 0.450 e. The number of aryl methyl sites for hydroxylation is 1. The predicted octanol–water partition coefficient (Wildman–Crippen LogP) is 5.01. The van der Waals surface area contributed by atoms with Crippen molar-refractivity contribution in [3.63, 3.8) is 0 Å². The van der Waals surface area contributed by atoms with Crippen LogP contribution in [0.25, 0.3) is 11.0 Å². The van der Waals surface area contributed by atoms with E-state index in [-0.39, 0.29) is 17.1 Å². The van der Waals surface area contributed by atoms with Gasteiger partial charge in [-0.25, -0.2) is 4.98 Å². The molecular weight excluding hydrogens is 432 g/mol. The van der Waals surface area contributed by atoms with Gasteiger partial charge in [0.2, 0.25) is 5.76 Å². The number of para-hydroxylation sites is 1. The Balaban J connectivity index is 1.81. The number of fused-ring (bicyclic) bond motifs is 2. The Kier molecular flexibility index (Phi) is 4.10. The maximum Gasteiger partial charge on any atom is 0.296 e. The third-order valence-electron chi connectivity index (χ3n) is 5.11. The smallest absolute Gasteiger partial charge is 0.296 e. The summed E-state index contributed by atoms with van der Waals surface area (Å²) in [6, 6.07) is 17.6. The van der Waals surface area contributed by atoms with Crippen LogP contribution in [-0.2, 0) is 0 Å². The van der Waals surface area contributed by atoms with Gasteiger partial charge in [-0.3, -0.25) is 14.5 Å². The number of amides is 1. The molecule has 2 aromatic carbocycles. The van der Waals surface area contributed by atoms with Crippen LogP contribution >= 0.6 is 15.9 Å². The van der Waals surface area contributed by atoms with Gasteiger partial charge in [0.1, 0.15) is 11.4 Å². The first-order valence-electron chi connectivity index (χ1n) is 9.12. The van der Waals surface area contributed by atoms with E-state index in [0.29, 0.717) is 22.4 Å². The summed E-state index contributed by atoms with van der Waals surface area (Å²) in [5.41, 5.74) is 2.34. The van der Waals surface area contributed by atoms with Gasteiger partial charge in [0.05, 0.1) is 17.0 Å². The van der Waals surface area contributed by atoms with Crippen molar-refractivity contribution in [2.45, 2.75) is 13.0 Å². The van der Waals surface area contributed by atoms with Crippen LogP contribution in [-0.4, -0.2) is 10.9 Å². The number of anilines is 1. The Morgan fingerprint density at radius 3 is 2.48 bits per heavy atom. The van der Waals surface area contributed by atoms with Gasteiger partial charge in [-0.15, -0.1) is 0 Å². The normalized spacial score (nSPS) is 15.7. The predicted molar refractivity (Wildman–Crippen MR) is 114 cm³/mol. The third-order valence-corrected chi connectivity index (χ3v) is 5.63. The maximum atomic E-state index is 13.4. The molecule has 4 aromatic rings. The number of pyridine rings is 1. The van der Waals surface area contributed by atoms with Crippen LogP contribution in [0.1, 0.15) is 33.3 Å². The summed E-state index contributed by atoms with van der Waals surface area (Å²) >= 11 is 3.44. The quantitative estimate of drug-likeness (QED) is 0.434. The minimum absolute atomic E-state index is 0.0731. The summed E-state index contributed by atoms with van der Waals surface area (Å²) in [6.07, 6.45) is 1.70. The zero-order valence-corrected chi connectivity index (χ0v) is 17.0. The summed E-state index contributed by atoms with van der Waals surface area (Å²) < 4.78 is 6.83. The molecule has 5 rings (SSSR count). The first-order chi connectivity index (χ1) is 14.0. The molecular formula is C23H15BrN2O3. The zero-order chi connectivity index (χ0) is 20.1. The van der Waals surface area contributed by atoms with Crippen LogP contribution in [0.2, 0.25) is 0 Å². The fourth-order valence-corrected chi connectivity index (χ4v) is 3.98. The number of halogens is 1. The van der Waals surface area contributed by atoms with Crippen molar-refractivity contribution in [1.82, 2.24) is 4.98 Å². The number of rotatable bonds is 2. The second kappa shape index (κ2) is 6.67. The van der Waals surface area contributed by atoms with E-state index < -0.39 is 6.04 Å². The molecule has 0 bridgehead atoms. The number of carbonyl (C=O) groups excluding carboxylic acids is 1. The number of hydrogen-bond donors (Lipinski definition) is 0. The molecule has 1 atom stereocenters. The summed E-state index contributed by atoms with van der Waals surface area (Å²) in [4.78, 5) is 32.7. The van der Waals surface area contributed by atoms with Gasteiger partial charge in [0.15, 0.2) is 5.43 Å². The van der Waals surface area contributed by atoms with Crippen LogP contribution in [0.4, 0.5) is 5.82 Å². The minimum atomic E-state index is -0.610. The molecule has 142 valence electrons. The molecule has 2 aromatic heterocycles. The maximum absolute atomic E-state index is 13.4. The highest BCUT2D eigenvalue weighted by Gasteiger charge is 2.44. The molecule has 1 aliphatic heterocycles. The van der Waals surface area contributed by atoms with Gasteiger partial charge in [0.25, 0.3) is 5.91 Å². The molecule has 0 radical (unpaired) electrons. The lowest BCUT2D eigenvalue weighted by Gasteiger charge is -2.24. The number of nitrogens with zero attached hydrogens (tertiary/aromatic N) is 2. The topological polar surface area (TPSA) is 63.4 Å². The van der Waals surface area contributed by atoms with Crippen molar-refractivity contribution in [2.75, 3.05) is 4.90 Å². The molecule has 0 saturated carbocycles. The van der Waals surface area contributed by atoms with Crippen LogP contribution in [0.15, 0.2) is 80.5 Å². The molecule has 0 fully saturated rings. The van der Waals surface area contributed by atoms with E-state index in [2.05, 4.69) is 20.9 Å². The monoisotopic (exact) mass is 446 g/mol. The highest BCUT2D eigenvalue weighted by molar-refractivity contribution is 9.10. The van der Waals surface area contributed by atoms with Gasteiger partial charge in [-0.2, -0.15) is 0 Å². The summed E-state index contributed by atoms with van der Waals surface area (Å²) in [6.45, 7) is 1.93. The highest BCUT2D eigenvalue weighted by atomic mass is 79.9. The second-order valence-electron chi connectivity index (χ2n) is 6.99. The molecule has 3 heterocycles. The molecule has 0 unspecified atom stereocenters. The van der Waals surface area contributed by atoms with Crippen molar-refractivity contribution in [2.24, 2.45) is 0 Å². The van der Waals surface area contributed by atoms with Crippen LogP contribution in [0.3, 0.4) is 0 Å². The number of aromatic nitrogens is 1. The van der Waals surface area contributed by atoms with Gasteiger partial charge >= 0.3 is 0 Å². The zero-order valence-electron chi connectivity index (χ0n) is 15.4. The Hall–Kier alpha value is -3.25. The molecule has 0 aliphatic carbocycles. The van der Waals surface area contributed by atoms with E-state index in [1.54, 1.807) is 36.5 Å². The third kappa shape index (κ3) is 2.79. The average molecular weight is 447 g/mol. The standard InChI is InChI=1S/C23H15BrN2O3/c1-13-6-11-18(25-12-13)26-20(14-7-9-15(24)10-8-14)19-21(27)16-4-2-3-5-17(16)29-22(19)23(26)28/h2-12,20H,1H3/t20-/m0/s1. The highest BCUT2D eigenvalue weighted by Crippen LogP contribution is 2.40. The van der Waals surface area contributed by atoms with Crippen molar-refractivity contribution in [3.05, 3.63) is 104 Å². The molecule has 0 spiro atoms. The molecule has 0 saturated heterocycles. The number of benzene rings is 2. The molecule has 0 N–H and O–H groups in total. The average Bonchev–Trinajstić information content (AvgIpc) is 3.02. The fraction of sp³-hybridized carbons (Fsp3) is 0.0870. The second-order valence-corrected chi connectivity index (χ2v) is 7.91. The summed E-state index contributed by atoms with van der Waals surface area (Å²) in [5, 5.41) is 0.458. The van der Waals surface area contributed by atoms with Crippen molar-refractivity contribution < 1.29 is 9.21 Å². The van der Waals surface area contributed by atoms with E-state index in [0.717, 1.165) is 15.6 Å². The Bertz CT molecular complexity index is 1310. The molecule has 6 heteroatoms. The lowest BCUT2D eigenvalue weighted by molar-refractivity contribution is 0.0970. The van der Waals surface area contributed by atoms with E-state index in [1.165, 1.54) is 4.90 Å². The molecule has 29 heavy (non-hydrogen) atoms. The Labute approximate surface area is 174 Å². The van der Waals surface area contributed by atoms with E-state index >= 15 is 0 Å². The van der Waals surface area contributed by atoms with Crippen molar-refractivity contribution in [1.29, 1.82) is 0 Å². The lowest BCUT2D eigenvalue weighted by atomic mass is 9.98. The van der Waals surface area contributed by atoms with Gasteiger partial charge in [-0.05, 0) is 48.4 Å². The Morgan fingerprint density at radius 1 is 1.00 bits per heavy atom. The molecule has 5 nitrogen and oxygen atoms in total. The SMILES string of the molecule is Cc1ccc(N2C(=O)c3oc4ccccc4c(=O)c3[C@@H]2c2ccc(Br)cc2)nc1. The van der Waals surface area contributed by atoms with Crippen LogP contribution in [0, 0.1) is 6.92 Å². The van der Waals surface area contributed by atoms with E-state index in [9.17, 15) is 9.59 Å². The van der Waals surface area contributed by atoms with Crippen molar-refractivity contribution >= 4 is 38.6 Å². The van der Waals surface area contributed by atoms with Crippen LogP contribution < -0.4 is 10.3 Å². The molecule has 1 amide bonds. The number of carbonyl (C=O) groups is 1. The first kappa shape index (κ1) is 17.8. The van der Waals surface area contributed by atoms with Gasteiger partial charge in [-0.1, -0.05) is 46.3 Å². The lowest BCUT2D eigenvalue weighted by Crippen LogP contribution is -2.30. The first-order valence-corrected chi connectivity index (χ1v) is 9.91. The molecule has 1 aliphatic rings. The summed E-state index contributed by atoms with van der Waals surface area (Å²) in [5.74, 6) is 0.180. The van der Waals surface area contributed by atoms with Crippen LogP contribution in [0.5, 0.6) is 0 Å².